The van der Waals surface area contributed by atoms with Crippen molar-refractivity contribution in [2.24, 2.45) is 0 Å². The van der Waals surface area contributed by atoms with Crippen molar-refractivity contribution in [2.75, 3.05) is 0 Å². The van der Waals surface area contributed by atoms with Crippen molar-refractivity contribution >= 4 is 17.0 Å². The van der Waals surface area contributed by atoms with Gasteiger partial charge >= 0.3 is 0 Å². The molecular formula is C20H16FNO. The molecule has 1 heterocycles. The highest BCUT2D eigenvalue weighted by molar-refractivity contribution is 5.90. The SMILES string of the molecule is C=Cc1c(C2CC2)nc2ccc(F)cc2c1Oc1ccccc1. The van der Waals surface area contributed by atoms with Gasteiger partial charge in [0.15, 0.2) is 0 Å². The van der Waals surface area contributed by atoms with Crippen LogP contribution in [0.1, 0.15) is 30.0 Å². The molecule has 0 aliphatic heterocycles. The zero-order valence-corrected chi connectivity index (χ0v) is 12.6. The van der Waals surface area contributed by atoms with E-state index >= 15 is 0 Å². The number of para-hydroxylation sites is 1. The maximum atomic E-state index is 13.8. The van der Waals surface area contributed by atoms with E-state index in [4.69, 9.17) is 9.72 Å². The molecule has 1 aliphatic carbocycles. The molecule has 0 N–H and O–H groups in total. The zero-order chi connectivity index (χ0) is 15.8. The number of fused-ring (bicyclic) bond motifs is 1. The van der Waals surface area contributed by atoms with Crippen LogP contribution in [-0.2, 0) is 0 Å². The van der Waals surface area contributed by atoms with Gasteiger partial charge in [0.25, 0.3) is 0 Å². The molecule has 4 rings (SSSR count). The number of pyridine rings is 1. The van der Waals surface area contributed by atoms with Crippen molar-refractivity contribution in [2.45, 2.75) is 18.8 Å². The van der Waals surface area contributed by atoms with Gasteiger partial charge in [-0.3, -0.25) is 4.98 Å². The van der Waals surface area contributed by atoms with Crippen molar-refractivity contribution in [1.29, 1.82) is 0 Å². The highest BCUT2D eigenvalue weighted by Gasteiger charge is 2.29. The van der Waals surface area contributed by atoms with E-state index in [2.05, 4.69) is 6.58 Å². The van der Waals surface area contributed by atoms with E-state index in [1.807, 2.05) is 30.3 Å². The molecule has 3 aromatic rings. The topological polar surface area (TPSA) is 22.1 Å². The molecule has 1 aliphatic rings. The van der Waals surface area contributed by atoms with Gasteiger partial charge in [-0.1, -0.05) is 30.9 Å². The lowest BCUT2D eigenvalue weighted by Gasteiger charge is -2.15. The van der Waals surface area contributed by atoms with E-state index < -0.39 is 0 Å². The molecule has 0 radical (unpaired) electrons. The summed E-state index contributed by atoms with van der Waals surface area (Å²) in [5.74, 6) is 1.51. The molecular weight excluding hydrogens is 289 g/mol. The molecule has 3 heteroatoms. The average Bonchev–Trinajstić information content (AvgIpc) is 3.40. The zero-order valence-electron chi connectivity index (χ0n) is 12.6. The summed E-state index contributed by atoms with van der Waals surface area (Å²) in [5, 5.41) is 0.674. The number of aromatic nitrogens is 1. The third-order valence-electron chi connectivity index (χ3n) is 4.10. The first kappa shape index (κ1) is 13.9. The number of ether oxygens (including phenoxy) is 1. The molecule has 0 spiro atoms. The third-order valence-corrected chi connectivity index (χ3v) is 4.10. The summed E-state index contributed by atoms with van der Waals surface area (Å²) in [4.78, 5) is 4.73. The van der Waals surface area contributed by atoms with Gasteiger partial charge in [-0.2, -0.15) is 0 Å². The molecule has 23 heavy (non-hydrogen) atoms. The van der Waals surface area contributed by atoms with E-state index in [1.54, 1.807) is 12.1 Å². The van der Waals surface area contributed by atoms with Gasteiger partial charge in [-0.15, -0.1) is 0 Å². The number of halogens is 1. The van der Waals surface area contributed by atoms with Gasteiger partial charge in [0.1, 0.15) is 17.3 Å². The summed E-state index contributed by atoms with van der Waals surface area (Å²) in [7, 11) is 0. The molecule has 0 atom stereocenters. The first-order valence-corrected chi connectivity index (χ1v) is 7.75. The Hall–Kier alpha value is -2.68. The second-order valence-corrected chi connectivity index (χ2v) is 5.79. The fourth-order valence-corrected chi connectivity index (χ4v) is 2.82. The smallest absolute Gasteiger partial charge is 0.145 e. The Morgan fingerprint density at radius 1 is 1.13 bits per heavy atom. The number of hydrogen-bond acceptors (Lipinski definition) is 2. The van der Waals surface area contributed by atoms with Gasteiger partial charge in [-0.05, 0) is 43.2 Å². The van der Waals surface area contributed by atoms with E-state index in [0.29, 0.717) is 22.8 Å². The highest BCUT2D eigenvalue weighted by Crippen LogP contribution is 2.45. The van der Waals surface area contributed by atoms with Gasteiger partial charge in [0.2, 0.25) is 0 Å². The molecule has 1 fully saturated rings. The van der Waals surface area contributed by atoms with Gasteiger partial charge < -0.3 is 4.74 Å². The minimum Gasteiger partial charge on any atom is -0.456 e. The van der Waals surface area contributed by atoms with Crippen molar-refractivity contribution in [3.05, 3.63) is 72.2 Å². The lowest BCUT2D eigenvalue weighted by atomic mass is 10.0. The van der Waals surface area contributed by atoms with Crippen LogP contribution in [0, 0.1) is 5.82 Å². The molecule has 0 saturated heterocycles. The molecule has 1 saturated carbocycles. The molecule has 0 amide bonds. The Morgan fingerprint density at radius 3 is 2.61 bits per heavy atom. The summed E-state index contributed by atoms with van der Waals surface area (Å²) in [6.45, 7) is 3.92. The maximum Gasteiger partial charge on any atom is 0.145 e. The first-order chi connectivity index (χ1) is 11.3. The molecule has 0 unspecified atom stereocenters. The minimum absolute atomic E-state index is 0.300. The molecule has 2 aromatic carbocycles. The summed E-state index contributed by atoms with van der Waals surface area (Å²) < 4.78 is 19.9. The highest BCUT2D eigenvalue weighted by atomic mass is 19.1. The quantitative estimate of drug-likeness (QED) is 0.618. The Kier molecular flexibility index (Phi) is 3.34. The monoisotopic (exact) mass is 305 g/mol. The molecule has 2 nitrogen and oxygen atoms in total. The van der Waals surface area contributed by atoms with Crippen LogP contribution >= 0.6 is 0 Å². The Labute approximate surface area is 134 Å². The van der Waals surface area contributed by atoms with Crippen molar-refractivity contribution < 1.29 is 9.13 Å². The van der Waals surface area contributed by atoms with Crippen LogP contribution in [0.4, 0.5) is 4.39 Å². The fraction of sp³-hybridized carbons (Fsp3) is 0.150. The van der Waals surface area contributed by atoms with Crippen molar-refractivity contribution in [1.82, 2.24) is 4.98 Å². The molecule has 0 bridgehead atoms. The third kappa shape index (κ3) is 2.59. The Bertz CT molecular complexity index is 885. The first-order valence-electron chi connectivity index (χ1n) is 7.75. The second-order valence-electron chi connectivity index (χ2n) is 5.79. The number of rotatable bonds is 4. The lowest BCUT2D eigenvalue weighted by molar-refractivity contribution is 0.485. The summed E-state index contributed by atoms with van der Waals surface area (Å²) in [6.07, 6.45) is 4.03. The number of benzene rings is 2. The Balaban J connectivity index is 1.97. The van der Waals surface area contributed by atoms with Crippen LogP contribution in [0.2, 0.25) is 0 Å². The predicted octanol–water partition coefficient (Wildman–Crippen LogP) is 5.69. The maximum absolute atomic E-state index is 13.8. The van der Waals surface area contributed by atoms with Crippen LogP contribution in [0.5, 0.6) is 11.5 Å². The van der Waals surface area contributed by atoms with E-state index in [9.17, 15) is 4.39 Å². The van der Waals surface area contributed by atoms with Gasteiger partial charge in [-0.25, -0.2) is 4.39 Å². The van der Waals surface area contributed by atoms with E-state index in [0.717, 1.165) is 29.6 Å². The lowest BCUT2D eigenvalue weighted by Crippen LogP contribution is -1.98. The molecule has 1 aromatic heterocycles. The summed E-state index contributed by atoms with van der Waals surface area (Å²) >= 11 is 0. The average molecular weight is 305 g/mol. The minimum atomic E-state index is -0.300. The number of nitrogens with zero attached hydrogens (tertiary/aromatic N) is 1. The van der Waals surface area contributed by atoms with Crippen LogP contribution < -0.4 is 4.74 Å². The normalized spacial score (nSPS) is 14.0. The van der Waals surface area contributed by atoms with Crippen LogP contribution in [-0.4, -0.2) is 4.98 Å². The van der Waals surface area contributed by atoms with Crippen molar-refractivity contribution in [3.63, 3.8) is 0 Å². The summed E-state index contributed by atoms with van der Waals surface area (Å²) in [5.41, 5.74) is 2.63. The molecule has 114 valence electrons. The van der Waals surface area contributed by atoms with E-state index in [1.165, 1.54) is 12.1 Å². The van der Waals surface area contributed by atoms with Crippen molar-refractivity contribution in [3.8, 4) is 11.5 Å². The van der Waals surface area contributed by atoms with Gasteiger partial charge in [0, 0.05) is 16.9 Å². The fourth-order valence-electron chi connectivity index (χ4n) is 2.82. The summed E-state index contributed by atoms with van der Waals surface area (Å²) in [6, 6.07) is 14.1. The largest absolute Gasteiger partial charge is 0.456 e. The van der Waals surface area contributed by atoms with Crippen LogP contribution in [0.25, 0.3) is 17.0 Å². The predicted molar refractivity (Wildman–Crippen MR) is 90.3 cm³/mol. The second kappa shape index (κ2) is 5.51. The van der Waals surface area contributed by atoms with Crippen LogP contribution in [0.3, 0.4) is 0 Å². The van der Waals surface area contributed by atoms with E-state index in [-0.39, 0.29) is 5.82 Å². The van der Waals surface area contributed by atoms with Gasteiger partial charge in [0.05, 0.1) is 11.2 Å². The number of hydrogen-bond donors (Lipinski definition) is 0. The Morgan fingerprint density at radius 2 is 1.91 bits per heavy atom. The van der Waals surface area contributed by atoms with Crippen LogP contribution in [0.15, 0.2) is 55.1 Å². The standard InChI is InChI=1S/C20H16FNO/c1-2-16-19(13-8-9-13)22-18-11-10-14(21)12-17(18)20(16)23-15-6-4-3-5-7-15/h2-7,10-13H,1,8-9H2.